The van der Waals surface area contributed by atoms with Crippen molar-refractivity contribution >= 4 is 17.7 Å². The van der Waals surface area contributed by atoms with Gasteiger partial charge in [-0.1, -0.05) is 37.3 Å². The van der Waals surface area contributed by atoms with Crippen molar-refractivity contribution in [1.29, 1.82) is 0 Å². The minimum Gasteiger partial charge on any atom is -0.390 e. The molecule has 1 fully saturated rings. The van der Waals surface area contributed by atoms with Gasteiger partial charge in [0.2, 0.25) is 5.91 Å². The predicted octanol–water partition coefficient (Wildman–Crippen LogP) is 0.756. The molecule has 1 saturated heterocycles. The van der Waals surface area contributed by atoms with Gasteiger partial charge >= 0.3 is 0 Å². The third-order valence-corrected chi connectivity index (χ3v) is 5.29. The lowest BCUT2D eigenvalue weighted by Crippen LogP contribution is -2.55. The fourth-order valence-corrected chi connectivity index (χ4v) is 3.61. The first-order valence-electron chi connectivity index (χ1n) is 8.06. The van der Waals surface area contributed by atoms with Crippen LogP contribution in [0.3, 0.4) is 0 Å². The molecule has 0 aromatic heterocycles. The summed E-state index contributed by atoms with van der Waals surface area (Å²) in [6.45, 7) is 2.94. The molecule has 0 bridgehead atoms. The Balaban J connectivity index is 1.59. The number of β-amino-alcohol motifs (C(OH)–C–C–N with tert-alkyl or cyclic N) is 1. The lowest BCUT2D eigenvalue weighted by molar-refractivity contribution is -0.118. The lowest BCUT2D eigenvalue weighted by Gasteiger charge is -2.37. The Kier molecular flexibility index (Phi) is 7.36. The van der Waals surface area contributed by atoms with Crippen LogP contribution in [0, 0.1) is 5.92 Å². The molecule has 6 heteroatoms. The molecule has 1 aliphatic rings. The van der Waals surface area contributed by atoms with Crippen molar-refractivity contribution in [3.05, 3.63) is 35.9 Å². The maximum Gasteiger partial charge on any atom is 0.230 e. The highest BCUT2D eigenvalue weighted by molar-refractivity contribution is 7.99. The molecule has 1 amide bonds. The highest BCUT2D eigenvalue weighted by atomic mass is 32.2. The molecule has 0 radical (unpaired) electrons. The topological polar surface area (TPSA) is 81.6 Å². The van der Waals surface area contributed by atoms with Crippen LogP contribution in [-0.2, 0) is 11.3 Å². The minimum absolute atomic E-state index is 0.0197. The maximum atomic E-state index is 11.8. The molecule has 23 heavy (non-hydrogen) atoms. The van der Waals surface area contributed by atoms with Crippen LogP contribution in [0.5, 0.6) is 0 Å². The Morgan fingerprint density at radius 3 is 2.83 bits per heavy atom. The summed E-state index contributed by atoms with van der Waals surface area (Å²) in [6.07, 6.45) is -0.472. The van der Waals surface area contributed by atoms with E-state index in [4.69, 9.17) is 0 Å². The Labute approximate surface area is 141 Å². The summed E-state index contributed by atoms with van der Waals surface area (Å²) in [5.41, 5.74) is 1.10. The molecule has 0 aliphatic carbocycles. The van der Waals surface area contributed by atoms with Gasteiger partial charge < -0.3 is 20.8 Å². The van der Waals surface area contributed by atoms with Crippen molar-refractivity contribution in [1.82, 2.24) is 10.6 Å². The van der Waals surface area contributed by atoms with Gasteiger partial charge in [-0.15, -0.1) is 0 Å². The lowest BCUT2D eigenvalue weighted by atomic mass is 9.87. The number of aliphatic hydroxyl groups excluding tert-OH is 2. The molecule has 0 spiro atoms. The second kappa shape index (κ2) is 9.27. The van der Waals surface area contributed by atoms with Crippen LogP contribution in [-0.4, -0.2) is 52.4 Å². The monoisotopic (exact) mass is 338 g/mol. The molecule has 1 aliphatic heterocycles. The summed E-state index contributed by atoms with van der Waals surface area (Å²) >= 11 is 1.60. The normalized spacial score (nSPS) is 27.6. The van der Waals surface area contributed by atoms with E-state index in [2.05, 4.69) is 10.6 Å². The van der Waals surface area contributed by atoms with Crippen LogP contribution in [0.1, 0.15) is 18.9 Å². The standard InChI is InChI=1S/C17H26N2O3S/c1-12-14(18-10-15(20)17(12)22)7-8-23-11-16(21)19-9-13-5-3-2-4-6-13/h2-6,12,14-15,17-18,20,22H,7-11H2,1H3,(H,19,21). The number of piperidine rings is 1. The zero-order valence-corrected chi connectivity index (χ0v) is 14.3. The van der Waals surface area contributed by atoms with E-state index in [0.717, 1.165) is 17.7 Å². The largest absolute Gasteiger partial charge is 0.390 e. The van der Waals surface area contributed by atoms with Crippen molar-refractivity contribution in [3.63, 3.8) is 0 Å². The predicted molar refractivity (Wildman–Crippen MR) is 93.2 cm³/mol. The molecule has 128 valence electrons. The Bertz CT molecular complexity index is 486. The summed E-state index contributed by atoms with van der Waals surface area (Å²) in [7, 11) is 0. The number of carbonyl (C=O) groups excluding carboxylic acids is 1. The quantitative estimate of drug-likeness (QED) is 0.552. The van der Waals surface area contributed by atoms with Crippen LogP contribution in [0.15, 0.2) is 30.3 Å². The number of nitrogens with one attached hydrogen (secondary N) is 2. The van der Waals surface area contributed by atoms with Crippen molar-refractivity contribution < 1.29 is 15.0 Å². The summed E-state index contributed by atoms with van der Waals surface area (Å²) in [4.78, 5) is 11.8. The van der Waals surface area contributed by atoms with Crippen molar-refractivity contribution in [2.45, 2.75) is 38.1 Å². The number of aliphatic hydroxyl groups is 2. The summed E-state index contributed by atoms with van der Waals surface area (Å²) in [6, 6.07) is 10.0. The zero-order valence-electron chi connectivity index (χ0n) is 13.4. The van der Waals surface area contributed by atoms with Crippen molar-refractivity contribution in [3.8, 4) is 0 Å². The fraction of sp³-hybridized carbons (Fsp3) is 0.588. The SMILES string of the molecule is CC1C(CCSCC(=O)NCc2ccccc2)NCC(O)C1O. The molecular formula is C17H26N2O3S. The fourth-order valence-electron chi connectivity index (χ4n) is 2.75. The molecule has 1 aromatic carbocycles. The first kappa shape index (κ1) is 18.3. The molecular weight excluding hydrogens is 312 g/mol. The van der Waals surface area contributed by atoms with Gasteiger partial charge in [-0.05, 0) is 23.7 Å². The maximum absolute atomic E-state index is 11.8. The van der Waals surface area contributed by atoms with Crippen molar-refractivity contribution in [2.75, 3.05) is 18.1 Å². The highest BCUT2D eigenvalue weighted by Gasteiger charge is 2.33. The van der Waals surface area contributed by atoms with Crippen LogP contribution >= 0.6 is 11.8 Å². The number of hydrogen-bond acceptors (Lipinski definition) is 5. The van der Waals surface area contributed by atoms with Gasteiger partial charge in [0.15, 0.2) is 0 Å². The average Bonchev–Trinajstić information content (AvgIpc) is 2.57. The summed E-state index contributed by atoms with van der Waals surface area (Å²) in [5, 5.41) is 25.6. The van der Waals surface area contributed by atoms with E-state index < -0.39 is 12.2 Å². The van der Waals surface area contributed by atoms with Gasteiger partial charge in [0, 0.05) is 19.1 Å². The van der Waals surface area contributed by atoms with E-state index in [1.165, 1.54) is 0 Å². The first-order chi connectivity index (χ1) is 11.1. The van der Waals surface area contributed by atoms with E-state index in [0.29, 0.717) is 18.8 Å². The minimum atomic E-state index is -0.683. The molecule has 4 unspecified atom stereocenters. The van der Waals surface area contributed by atoms with E-state index in [1.807, 2.05) is 37.3 Å². The zero-order chi connectivity index (χ0) is 16.7. The van der Waals surface area contributed by atoms with Gasteiger partial charge in [-0.3, -0.25) is 4.79 Å². The Morgan fingerprint density at radius 2 is 2.09 bits per heavy atom. The first-order valence-corrected chi connectivity index (χ1v) is 9.21. The van der Waals surface area contributed by atoms with E-state index in [9.17, 15) is 15.0 Å². The van der Waals surface area contributed by atoms with Crippen LogP contribution in [0.25, 0.3) is 0 Å². The van der Waals surface area contributed by atoms with Gasteiger partial charge in [0.1, 0.15) is 0 Å². The van der Waals surface area contributed by atoms with E-state index in [1.54, 1.807) is 11.8 Å². The number of rotatable bonds is 7. The highest BCUT2D eigenvalue weighted by Crippen LogP contribution is 2.20. The Morgan fingerprint density at radius 1 is 1.35 bits per heavy atom. The van der Waals surface area contributed by atoms with Gasteiger partial charge in [0.25, 0.3) is 0 Å². The number of carbonyl (C=O) groups is 1. The summed E-state index contributed by atoms with van der Waals surface area (Å²) in [5.74, 6) is 1.35. The molecule has 0 saturated carbocycles. The van der Waals surface area contributed by atoms with Crippen LogP contribution in [0.2, 0.25) is 0 Å². The van der Waals surface area contributed by atoms with Gasteiger partial charge in [0.05, 0.1) is 18.0 Å². The second-order valence-corrected chi connectivity index (χ2v) is 7.14. The Hall–Kier alpha value is -1.08. The number of amides is 1. The third-order valence-electron chi connectivity index (χ3n) is 4.30. The average molecular weight is 338 g/mol. The summed E-state index contributed by atoms with van der Waals surface area (Å²) < 4.78 is 0. The molecule has 5 nitrogen and oxygen atoms in total. The molecule has 1 aromatic rings. The molecule has 1 heterocycles. The van der Waals surface area contributed by atoms with E-state index in [-0.39, 0.29) is 17.9 Å². The smallest absolute Gasteiger partial charge is 0.230 e. The number of thioether (sulfide) groups is 1. The van der Waals surface area contributed by atoms with Gasteiger partial charge in [-0.25, -0.2) is 0 Å². The van der Waals surface area contributed by atoms with Crippen LogP contribution in [0.4, 0.5) is 0 Å². The number of hydrogen-bond donors (Lipinski definition) is 4. The van der Waals surface area contributed by atoms with Gasteiger partial charge in [-0.2, -0.15) is 11.8 Å². The van der Waals surface area contributed by atoms with E-state index >= 15 is 0 Å². The second-order valence-electron chi connectivity index (χ2n) is 6.04. The van der Waals surface area contributed by atoms with Crippen LogP contribution < -0.4 is 10.6 Å². The number of benzene rings is 1. The molecule has 4 N–H and O–H groups in total. The molecule has 2 rings (SSSR count). The third kappa shape index (κ3) is 5.80. The molecule has 4 atom stereocenters. The van der Waals surface area contributed by atoms with Crippen molar-refractivity contribution in [2.24, 2.45) is 5.92 Å².